The van der Waals surface area contributed by atoms with Gasteiger partial charge in [-0.05, 0) is 71.7 Å². The number of hydrogen-bond acceptors (Lipinski definition) is 6. The maximum absolute atomic E-state index is 15.3. The first kappa shape index (κ1) is 24.2. The van der Waals surface area contributed by atoms with Crippen LogP contribution in [0.4, 0.5) is 14.0 Å². The zero-order valence-electron chi connectivity index (χ0n) is 19.9. The molecule has 0 spiro atoms. The van der Waals surface area contributed by atoms with Crippen molar-refractivity contribution in [2.45, 2.75) is 66.2 Å². The molecule has 1 aromatic carbocycles. The van der Waals surface area contributed by atoms with Crippen LogP contribution in [0.2, 0.25) is 0 Å². The number of benzene rings is 1. The number of fused-ring (bicyclic) bond motifs is 1. The van der Waals surface area contributed by atoms with Gasteiger partial charge in [0.15, 0.2) is 0 Å². The molecular weight excluding hydrogens is 427 g/mol. The number of halogens is 1. The van der Waals surface area contributed by atoms with Crippen molar-refractivity contribution in [1.82, 2.24) is 20.1 Å². The van der Waals surface area contributed by atoms with Crippen LogP contribution in [0.5, 0.6) is 0 Å². The Morgan fingerprint density at radius 3 is 2.36 bits per heavy atom. The lowest BCUT2D eigenvalue weighted by Crippen LogP contribution is -2.32. The van der Waals surface area contributed by atoms with Crippen LogP contribution in [-0.4, -0.2) is 38.2 Å². The smallest absolute Gasteiger partial charge is 0.435 e. The largest absolute Gasteiger partial charge is 0.444 e. The fourth-order valence-electron chi connectivity index (χ4n) is 3.30. The van der Waals surface area contributed by atoms with Gasteiger partial charge in [-0.2, -0.15) is 9.78 Å². The molecule has 0 aliphatic rings. The van der Waals surface area contributed by atoms with Gasteiger partial charge in [0.2, 0.25) is 0 Å². The van der Waals surface area contributed by atoms with Crippen molar-refractivity contribution >= 4 is 23.1 Å². The Labute approximate surface area is 192 Å². The molecule has 0 saturated heterocycles. The summed E-state index contributed by atoms with van der Waals surface area (Å²) >= 11 is 0. The molecule has 0 saturated carbocycles. The zero-order valence-corrected chi connectivity index (χ0v) is 19.9. The second-order valence-electron chi connectivity index (χ2n) is 9.76. The lowest BCUT2D eigenvalue weighted by molar-refractivity contribution is 0.0512. The average molecular weight is 457 g/mol. The van der Waals surface area contributed by atoms with Gasteiger partial charge in [-0.3, -0.25) is 4.98 Å². The van der Waals surface area contributed by atoms with Crippen LogP contribution in [-0.2, 0) is 16.0 Å². The molecule has 0 atom stereocenters. The zero-order chi connectivity index (χ0) is 24.6. The summed E-state index contributed by atoms with van der Waals surface area (Å²) in [5, 5.41) is 7.57. The van der Waals surface area contributed by atoms with E-state index in [9.17, 15) is 9.59 Å². The minimum atomic E-state index is -0.721. The van der Waals surface area contributed by atoms with E-state index in [1.165, 1.54) is 12.3 Å². The van der Waals surface area contributed by atoms with Crippen molar-refractivity contribution < 1.29 is 23.5 Å². The van der Waals surface area contributed by atoms with Gasteiger partial charge >= 0.3 is 12.2 Å². The van der Waals surface area contributed by atoms with E-state index in [4.69, 9.17) is 9.47 Å². The van der Waals surface area contributed by atoms with Crippen molar-refractivity contribution in [1.29, 1.82) is 0 Å². The molecule has 0 aliphatic carbocycles. The van der Waals surface area contributed by atoms with E-state index in [-0.39, 0.29) is 12.1 Å². The van der Waals surface area contributed by atoms with Crippen molar-refractivity contribution in [2.75, 3.05) is 0 Å². The first-order chi connectivity index (χ1) is 15.2. The molecule has 0 radical (unpaired) electrons. The molecule has 0 unspecified atom stereocenters. The molecule has 0 bridgehead atoms. The van der Waals surface area contributed by atoms with Gasteiger partial charge in [-0.25, -0.2) is 14.0 Å². The Kier molecular flexibility index (Phi) is 6.44. The van der Waals surface area contributed by atoms with Gasteiger partial charge in [0.1, 0.15) is 22.7 Å². The molecule has 3 aromatic rings. The Morgan fingerprint density at radius 2 is 1.76 bits per heavy atom. The molecule has 33 heavy (non-hydrogen) atoms. The number of rotatable bonds is 3. The van der Waals surface area contributed by atoms with E-state index >= 15 is 4.39 Å². The van der Waals surface area contributed by atoms with Crippen molar-refractivity contribution in [3.05, 3.63) is 47.5 Å². The molecule has 0 aliphatic heterocycles. The van der Waals surface area contributed by atoms with Gasteiger partial charge in [0.05, 0.1) is 11.7 Å². The Hall–Kier alpha value is -3.49. The van der Waals surface area contributed by atoms with Crippen LogP contribution in [0.1, 0.15) is 52.7 Å². The highest BCUT2D eigenvalue weighted by Gasteiger charge is 2.25. The van der Waals surface area contributed by atoms with E-state index in [1.54, 1.807) is 66.8 Å². The molecule has 2 heterocycles. The summed E-state index contributed by atoms with van der Waals surface area (Å²) in [7, 11) is 0. The third-order valence-electron chi connectivity index (χ3n) is 4.47. The van der Waals surface area contributed by atoms with Crippen LogP contribution in [0, 0.1) is 12.7 Å². The Balaban J connectivity index is 1.96. The number of nitrogens with one attached hydrogen (secondary N) is 1. The maximum Gasteiger partial charge on any atom is 0.435 e. The number of aromatic nitrogens is 3. The number of aryl methyl sites for hydroxylation is 1. The summed E-state index contributed by atoms with van der Waals surface area (Å²) in [5.74, 6) is -0.525. The molecule has 9 heteroatoms. The van der Waals surface area contributed by atoms with E-state index in [1.807, 2.05) is 0 Å². The lowest BCUT2D eigenvalue weighted by atomic mass is 10.00. The highest BCUT2D eigenvalue weighted by Crippen LogP contribution is 2.33. The fourth-order valence-corrected chi connectivity index (χ4v) is 3.30. The summed E-state index contributed by atoms with van der Waals surface area (Å²) in [6.45, 7) is 12.4. The monoisotopic (exact) mass is 456 g/mol. The van der Waals surface area contributed by atoms with Gasteiger partial charge in [-0.15, -0.1) is 0 Å². The van der Waals surface area contributed by atoms with E-state index in [0.717, 1.165) is 4.68 Å². The summed E-state index contributed by atoms with van der Waals surface area (Å²) < 4.78 is 27.0. The number of pyridine rings is 1. The quantitative estimate of drug-likeness (QED) is 0.571. The molecule has 176 valence electrons. The second-order valence-corrected chi connectivity index (χ2v) is 9.76. The number of nitrogens with zero attached hydrogens (tertiary/aromatic N) is 3. The van der Waals surface area contributed by atoms with Crippen LogP contribution >= 0.6 is 0 Å². The Bertz CT molecular complexity index is 1180. The average Bonchev–Trinajstić information content (AvgIpc) is 3.03. The number of carbonyl (C=O) groups excluding carboxylic acids is 2. The summed E-state index contributed by atoms with van der Waals surface area (Å²) in [6.07, 6.45) is 1.78. The normalized spacial score (nSPS) is 12.0. The molecule has 2 aromatic heterocycles. The minimum absolute atomic E-state index is 0.101. The predicted molar refractivity (Wildman–Crippen MR) is 122 cm³/mol. The van der Waals surface area contributed by atoms with Gasteiger partial charge in [0.25, 0.3) is 0 Å². The number of ether oxygens (including phenoxy) is 2. The summed E-state index contributed by atoms with van der Waals surface area (Å²) in [5.41, 5.74) is 0.797. The number of hydrogen-bond donors (Lipinski definition) is 1. The predicted octanol–water partition coefficient (Wildman–Crippen LogP) is 5.35. The molecule has 1 amide bonds. The minimum Gasteiger partial charge on any atom is -0.444 e. The Morgan fingerprint density at radius 1 is 1.09 bits per heavy atom. The fraction of sp³-hybridized carbons (Fsp3) is 0.417. The van der Waals surface area contributed by atoms with E-state index in [2.05, 4.69) is 15.4 Å². The molecular formula is C24H29FN4O4. The lowest BCUT2D eigenvalue weighted by Gasteiger charge is -2.19. The topological polar surface area (TPSA) is 95.3 Å². The van der Waals surface area contributed by atoms with Crippen LogP contribution in [0.3, 0.4) is 0 Å². The van der Waals surface area contributed by atoms with Crippen molar-refractivity contribution in [3.8, 4) is 11.3 Å². The van der Waals surface area contributed by atoms with Gasteiger partial charge in [0, 0.05) is 23.7 Å². The first-order valence-electron chi connectivity index (χ1n) is 10.6. The van der Waals surface area contributed by atoms with Crippen molar-refractivity contribution in [3.63, 3.8) is 0 Å². The highest BCUT2D eigenvalue weighted by atomic mass is 19.1. The standard InChI is InChI=1S/C24H29FN4O4/c1-14-10-15(12-27-21(30)32-23(2,3)4)11-17(25)19(14)20-16-8-9-26-13-18(16)29(28-20)22(31)33-24(5,6)7/h8-11,13H,12H2,1-7H3,(H,27,30). The number of amides is 1. The van der Waals surface area contributed by atoms with Crippen molar-refractivity contribution in [2.24, 2.45) is 0 Å². The number of carbonyl (C=O) groups is 2. The third kappa shape index (κ3) is 5.85. The van der Waals surface area contributed by atoms with E-state index in [0.29, 0.717) is 27.7 Å². The molecule has 1 N–H and O–H groups in total. The molecule has 8 nitrogen and oxygen atoms in total. The van der Waals surface area contributed by atoms with Crippen LogP contribution in [0.25, 0.3) is 22.2 Å². The van der Waals surface area contributed by atoms with E-state index < -0.39 is 29.2 Å². The van der Waals surface area contributed by atoms with Crippen LogP contribution < -0.4 is 5.32 Å². The van der Waals surface area contributed by atoms with Gasteiger partial charge < -0.3 is 14.8 Å². The van der Waals surface area contributed by atoms with Crippen LogP contribution in [0.15, 0.2) is 30.6 Å². The first-order valence-corrected chi connectivity index (χ1v) is 10.6. The highest BCUT2D eigenvalue weighted by molar-refractivity contribution is 5.97. The summed E-state index contributed by atoms with van der Waals surface area (Å²) in [4.78, 5) is 28.7. The second kappa shape index (κ2) is 8.80. The maximum atomic E-state index is 15.3. The van der Waals surface area contributed by atoms with Gasteiger partial charge in [-0.1, -0.05) is 6.07 Å². The third-order valence-corrected chi connectivity index (χ3v) is 4.47. The molecule has 3 rings (SSSR count). The summed E-state index contributed by atoms with van der Waals surface area (Å²) in [6, 6.07) is 4.77. The number of alkyl carbamates (subject to hydrolysis) is 1. The SMILES string of the molecule is Cc1cc(CNC(=O)OC(C)(C)C)cc(F)c1-c1nn(C(=O)OC(C)(C)C)c2cnccc12. The molecule has 0 fully saturated rings.